The van der Waals surface area contributed by atoms with Gasteiger partial charge in [-0.25, -0.2) is 4.39 Å². The van der Waals surface area contributed by atoms with Gasteiger partial charge in [0.15, 0.2) is 0 Å². The van der Waals surface area contributed by atoms with Crippen LogP contribution in [0.3, 0.4) is 0 Å². The highest BCUT2D eigenvalue weighted by Gasteiger charge is 2.07. The van der Waals surface area contributed by atoms with Crippen LogP contribution in [0.1, 0.15) is 0 Å². The molecule has 0 bridgehead atoms. The van der Waals surface area contributed by atoms with Crippen LogP contribution in [0.15, 0.2) is 36.4 Å². The average Bonchev–Trinajstić information content (AvgIpc) is 2.38. The van der Waals surface area contributed by atoms with E-state index in [1.165, 1.54) is 0 Å². The summed E-state index contributed by atoms with van der Waals surface area (Å²) in [7, 11) is 7.62. The van der Waals surface area contributed by atoms with E-state index in [4.69, 9.17) is 0 Å². The van der Waals surface area contributed by atoms with Crippen molar-refractivity contribution >= 4 is 11.4 Å². The topological polar surface area (TPSA) is 6.48 Å². The summed E-state index contributed by atoms with van der Waals surface area (Å²) in [5, 5.41) is 0. The Morgan fingerprint density at radius 2 is 1.68 bits per heavy atom. The summed E-state index contributed by atoms with van der Waals surface area (Å²) in [4.78, 5) is 3.78. The molecule has 0 aliphatic rings. The van der Waals surface area contributed by atoms with Crippen LogP contribution in [0.5, 0.6) is 0 Å². The molecule has 0 N–H and O–H groups in total. The molecule has 2 aromatic rings. The molecule has 0 aliphatic carbocycles. The van der Waals surface area contributed by atoms with E-state index in [1.807, 2.05) is 57.4 Å². The van der Waals surface area contributed by atoms with E-state index in [1.54, 1.807) is 17.0 Å². The van der Waals surface area contributed by atoms with Gasteiger partial charge in [0.25, 0.3) is 0 Å². The van der Waals surface area contributed by atoms with Crippen LogP contribution in [-0.2, 0) is 0 Å². The van der Waals surface area contributed by atoms with Gasteiger partial charge in [-0.1, -0.05) is 12.1 Å². The molecule has 0 fully saturated rings. The van der Waals surface area contributed by atoms with E-state index in [0.29, 0.717) is 5.69 Å². The van der Waals surface area contributed by atoms with E-state index < -0.39 is 0 Å². The first kappa shape index (κ1) is 13.4. The van der Waals surface area contributed by atoms with Crippen molar-refractivity contribution in [1.82, 2.24) is 0 Å². The van der Waals surface area contributed by atoms with Crippen molar-refractivity contribution in [2.24, 2.45) is 0 Å². The second-order valence-electron chi connectivity index (χ2n) is 4.92. The first-order valence-electron chi connectivity index (χ1n) is 6.15. The third-order valence-electron chi connectivity index (χ3n) is 3.04. The number of hydrogen-bond donors (Lipinski definition) is 0. The van der Waals surface area contributed by atoms with Crippen LogP contribution in [-0.4, -0.2) is 28.2 Å². The Hall–Kier alpha value is -2.03. The maximum absolute atomic E-state index is 14.0. The number of rotatable bonds is 3. The fourth-order valence-corrected chi connectivity index (χ4v) is 1.94. The summed E-state index contributed by atoms with van der Waals surface area (Å²) in [6.45, 7) is 0. The SMILES string of the molecule is CN(C)c1cc[c]c(-c2ccc(N(C)C)c(F)c2)c1. The van der Waals surface area contributed by atoms with Crippen molar-refractivity contribution in [3.63, 3.8) is 0 Å². The lowest BCUT2D eigenvalue weighted by molar-refractivity contribution is 0.626. The molecule has 0 saturated heterocycles. The maximum Gasteiger partial charge on any atom is 0.147 e. The van der Waals surface area contributed by atoms with Gasteiger partial charge in [0, 0.05) is 33.9 Å². The summed E-state index contributed by atoms with van der Waals surface area (Å²) in [5.74, 6) is -0.217. The van der Waals surface area contributed by atoms with Crippen molar-refractivity contribution < 1.29 is 4.39 Å². The Morgan fingerprint density at radius 1 is 0.947 bits per heavy atom. The third kappa shape index (κ3) is 2.87. The molecule has 0 heterocycles. The van der Waals surface area contributed by atoms with Gasteiger partial charge in [-0.15, -0.1) is 0 Å². The molecule has 0 aliphatic heterocycles. The van der Waals surface area contributed by atoms with E-state index in [0.717, 1.165) is 16.8 Å². The second-order valence-corrected chi connectivity index (χ2v) is 4.92. The van der Waals surface area contributed by atoms with Gasteiger partial charge in [-0.2, -0.15) is 0 Å². The van der Waals surface area contributed by atoms with Crippen molar-refractivity contribution in [3.05, 3.63) is 48.3 Å². The normalized spacial score (nSPS) is 10.4. The first-order chi connectivity index (χ1) is 8.99. The van der Waals surface area contributed by atoms with Gasteiger partial charge in [0.05, 0.1) is 5.69 Å². The molecule has 0 aromatic heterocycles. The number of nitrogens with zero attached hydrogens (tertiary/aromatic N) is 2. The minimum atomic E-state index is -0.217. The van der Waals surface area contributed by atoms with Crippen molar-refractivity contribution in [2.75, 3.05) is 38.0 Å². The molecule has 1 radical (unpaired) electrons. The molecule has 0 spiro atoms. The predicted molar refractivity (Wildman–Crippen MR) is 79.3 cm³/mol. The van der Waals surface area contributed by atoms with Gasteiger partial charge < -0.3 is 9.80 Å². The summed E-state index contributed by atoms with van der Waals surface area (Å²) in [5.41, 5.74) is 3.40. The predicted octanol–water partition coefficient (Wildman–Crippen LogP) is 3.42. The molecule has 2 rings (SSSR count). The van der Waals surface area contributed by atoms with Gasteiger partial charge in [-0.05, 0) is 41.5 Å². The molecular weight excluding hydrogens is 239 g/mol. The Kier molecular flexibility index (Phi) is 3.74. The standard InChI is InChI=1S/C16H18FN2/c1-18(2)14-7-5-6-12(10-14)13-8-9-16(19(3)4)15(17)11-13/h5,7-11H,1-4H3. The van der Waals surface area contributed by atoms with Crippen LogP contribution in [0.2, 0.25) is 0 Å². The Balaban J connectivity index is 2.42. The van der Waals surface area contributed by atoms with Crippen LogP contribution in [0, 0.1) is 11.9 Å². The zero-order chi connectivity index (χ0) is 14.0. The maximum atomic E-state index is 14.0. The molecule has 99 valence electrons. The molecular formula is C16H18FN2. The fourth-order valence-electron chi connectivity index (χ4n) is 1.94. The Bertz CT molecular complexity index is 577. The quantitative estimate of drug-likeness (QED) is 0.831. The minimum absolute atomic E-state index is 0.217. The molecule has 19 heavy (non-hydrogen) atoms. The monoisotopic (exact) mass is 257 g/mol. The lowest BCUT2D eigenvalue weighted by atomic mass is 10.0. The van der Waals surface area contributed by atoms with Gasteiger partial charge in [0.2, 0.25) is 0 Å². The van der Waals surface area contributed by atoms with Crippen molar-refractivity contribution in [2.45, 2.75) is 0 Å². The summed E-state index contributed by atoms with van der Waals surface area (Å²) in [6, 6.07) is 14.3. The van der Waals surface area contributed by atoms with Gasteiger partial charge in [-0.3, -0.25) is 0 Å². The van der Waals surface area contributed by atoms with Crippen molar-refractivity contribution in [1.29, 1.82) is 0 Å². The lowest BCUT2D eigenvalue weighted by Crippen LogP contribution is -2.10. The molecule has 0 saturated carbocycles. The Morgan fingerprint density at radius 3 is 2.26 bits per heavy atom. The van der Waals surface area contributed by atoms with E-state index in [-0.39, 0.29) is 5.82 Å². The number of hydrogen-bond acceptors (Lipinski definition) is 2. The van der Waals surface area contributed by atoms with Crippen LogP contribution >= 0.6 is 0 Å². The first-order valence-corrected chi connectivity index (χ1v) is 6.15. The molecule has 0 unspecified atom stereocenters. The smallest absolute Gasteiger partial charge is 0.147 e. The lowest BCUT2D eigenvalue weighted by Gasteiger charge is -2.16. The van der Waals surface area contributed by atoms with Crippen LogP contribution in [0.4, 0.5) is 15.8 Å². The van der Waals surface area contributed by atoms with Crippen LogP contribution < -0.4 is 9.80 Å². The zero-order valence-corrected chi connectivity index (χ0v) is 11.7. The molecule has 2 aromatic carbocycles. The van der Waals surface area contributed by atoms with Crippen molar-refractivity contribution in [3.8, 4) is 11.1 Å². The van der Waals surface area contributed by atoms with Gasteiger partial charge in [0.1, 0.15) is 5.82 Å². The largest absolute Gasteiger partial charge is 0.378 e. The number of anilines is 2. The summed E-state index contributed by atoms with van der Waals surface area (Å²) >= 11 is 0. The Labute approximate surface area is 114 Å². The minimum Gasteiger partial charge on any atom is -0.378 e. The fraction of sp³-hybridized carbons (Fsp3) is 0.250. The molecule has 0 atom stereocenters. The highest BCUT2D eigenvalue weighted by molar-refractivity contribution is 5.70. The molecule has 0 amide bonds. The molecule has 2 nitrogen and oxygen atoms in total. The molecule has 3 heteroatoms. The summed E-state index contributed by atoms with van der Waals surface area (Å²) < 4.78 is 14.0. The summed E-state index contributed by atoms with van der Waals surface area (Å²) in [6.07, 6.45) is 0. The third-order valence-corrected chi connectivity index (χ3v) is 3.04. The second kappa shape index (κ2) is 5.31. The zero-order valence-electron chi connectivity index (χ0n) is 11.7. The highest BCUT2D eigenvalue weighted by atomic mass is 19.1. The van der Waals surface area contributed by atoms with Crippen LogP contribution in [0.25, 0.3) is 11.1 Å². The van der Waals surface area contributed by atoms with Gasteiger partial charge >= 0.3 is 0 Å². The number of benzene rings is 2. The van der Waals surface area contributed by atoms with E-state index in [9.17, 15) is 4.39 Å². The van der Waals surface area contributed by atoms with E-state index in [2.05, 4.69) is 6.07 Å². The number of halogens is 1. The average molecular weight is 257 g/mol. The highest BCUT2D eigenvalue weighted by Crippen LogP contribution is 2.27. The van der Waals surface area contributed by atoms with E-state index >= 15 is 0 Å².